The molecule has 2 fully saturated rings. The Balaban J connectivity index is 1.40. The van der Waals surface area contributed by atoms with Crippen molar-refractivity contribution in [1.29, 1.82) is 0 Å². The molecule has 2 unspecified atom stereocenters. The summed E-state index contributed by atoms with van der Waals surface area (Å²) in [5.41, 5.74) is 3.39. The molecule has 1 saturated heterocycles. The first-order valence-corrected chi connectivity index (χ1v) is 10.8. The second-order valence-electron chi connectivity index (χ2n) is 9.12. The maximum absolute atomic E-state index is 12.9. The number of hydrogen-bond acceptors (Lipinski definition) is 3. The second-order valence-corrected chi connectivity index (χ2v) is 9.12. The Labute approximate surface area is 167 Å². The molecule has 5 nitrogen and oxygen atoms in total. The van der Waals surface area contributed by atoms with Crippen LogP contribution in [0.5, 0.6) is 0 Å². The van der Waals surface area contributed by atoms with Crippen LogP contribution in [0.3, 0.4) is 0 Å². The monoisotopic (exact) mass is 384 g/mol. The average molecular weight is 385 g/mol. The summed E-state index contributed by atoms with van der Waals surface area (Å²) in [6, 6.07) is 6.26. The number of carbonyl (C=O) groups is 2. The van der Waals surface area contributed by atoms with Gasteiger partial charge in [0.15, 0.2) is 0 Å². The summed E-state index contributed by atoms with van der Waals surface area (Å²) in [4.78, 5) is 26.9. The van der Waals surface area contributed by atoms with Crippen LogP contribution in [0, 0.1) is 11.3 Å². The third-order valence-electron chi connectivity index (χ3n) is 7.48. The van der Waals surface area contributed by atoms with E-state index < -0.39 is 11.4 Å². The molecule has 1 amide bonds. The first-order chi connectivity index (χ1) is 13.4. The number of amides is 1. The molecule has 152 valence electrons. The van der Waals surface area contributed by atoms with Gasteiger partial charge in [-0.1, -0.05) is 24.6 Å². The van der Waals surface area contributed by atoms with Gasteiger partial charge in [0, 0.05) is 13.1 Å². The van der Waals surface area contributed by atoms with Gasteiger partial charge in [-0.05, 0) is 75.0 Å². The van der Waals surface area contributed by atoms with E-state index in [1.807, 2.05) is 13.8 Å². The summed E-state index contributed by atoms with van der Waals surface area (Å²) in [5, 5.41) is 12.9. The zero-order valence-electron chi connectivity index (χ0n) is 17.0. The fourth-order valence-electron chi connectivity index (χ4n) is 5.58. The molecule has 4 atom stereocenters. The number of aliphatic carboxylic acids is 1. The van der Waals surface area contributed by atoms with Gasteiger partial charge >= 0.3 is 5.97 Å². The number of nitrogens with one attached hydrogen (secondary N) is 1. The standard InChI is InChI=1S/C23H32N2O3/c1-15(18-10-9-17-6-3-4-7-19(17)12-18)24-21(26)16(2)25-13-20-8-5-11-23(20,14-25)22(27)28/h9-10,12,15-16,20H,3-8,11,13-14H2,1-2H3,(H,24,26)(H,27,28)/t15?,16?,20-,23+/m0/s1. The summed E-state index contributed by atoms with van der Waals surface area (Å²) in [6.07, 6.45) is 7.49. The van der Waals surface area contributed by atoms with Gasteiger partial charge in [0.05, 0.1) is 17.5 Å². The fraction of sp³-hybridized carbons (Fsp3) is 0.652. The highest BCUT2D eigenvalue weighted by Crippen LogP contribution is 2.49. The van der Waals surface area contributed by atoms with E-state index in [9.17, 15) is 14.7 Å². The van der Waals surface area contributed by atoms with Crippen LogP contribution in [-0.4, -0.2) is 41.0 Å². The Bertz CT molecular complexity index is 777. The lowest BCUT2D eigenvalue weighted by molar-refractivity contribution is -0.149. The number of benzene rings is 1. The van der Waals surface area contributed by atoms with Crippen LogP contribution in [-0.2, 0) is 22.4 Å². The minimum Gasteiger partial charge on any atom is -0.481 e. The van der Waals surface area contributed by atoms with Crippen LogP contribution >= 0.6 is 0 Å². The minimum atomic E-state index is -0.687. The van der Waals surface area contributed by atoms with Crippen molar-refractivity contribution in [3.63, 3.8) is 0 Å². The van der Waals surface area contributed by atoms with Gasteiger partial charge < -0.3 is 10.4 Å². The molecule has 1 saturated carbocycles. The number of carboxylic acid groups (broad SMARTS) is 1. The van der Waals surface area contributed by atoms with Crippen LogP contribution in [0.4, 0.5) is 0 Å². The van der Waals surface area contributed by atoms with Crippen molar-refractivity contribution in [3.8, 4) is 0 Å². The van der Waals surface area contributed by atoms with Crippen molar-refractivity contribution in [1.82, 2.24) is 10.2 Å². The number of carboxylic acids is 1. The van der Waals surface area contributed by atoms with Crippen molar-refractivity contribution in [2.45, 2.75) is 70.9 Å². The van der Waals surface area contributed by atoms with E-state index >= 15 is 0 Å². The average Bonchev–Trinajstić information content (AvgIpc) is 3.25. The van der Waals surface area contributed by atoms with E-state index in [-0.39, 0.29) is 23.9 Å². The molecule has 0 spiro atoms. The van der Waals surface area contributed by atoms with Gasteiger partial charge in [0.2, 0.25) is 5.91 Å². The molecule has 3 aliphatic rings. The lowest BCUT2D eigenvalue weighted by Crippen LogP contribution is -2.46. The molecular weight excluding hydrogens is 352 g/mol. The lowest BCUT2D eigenvalue weighted by atomic mass is 9.81. The summed E-state index contributed by atoms with van der Waals surface area (Å²) >= 11 is 0. The molecular formula is C23H32N2O3. The predicted octanol–water partition coefficient (Wildman–Crippen LogP) is 3.32. The molecule has 2 aliphatic carbocycles. The summed E-state index contributed by atoms with van der Waals surface area (Å²) in [7, 11) is 0. The number of likely N-dealkylation sites (tertiary alicyclic amines) is 1. The Morgan fingerprint density at radius 2 is 1.93 bits per heavy atom. The molecule has 4 rings (SSSR count). The second kappa shape index (κ2) is 7.51. The molecule has 1 aromatic carbocycles. The number of aryl methyl sites for hydroxylation is 2. The molecule has 1 heterocycles. The minimum absolute atomic E-state index is 0.00858. The van der Waals surface area contributed by atoms with E-state index in [2.05, 4.69) is 28.4 Å². The number of carbonyl (C=O) groups excluding carboxylic acids is 1. The molecule has 2 N–H and O–H groups in total. The van der Waals surface area contributed by atoms with Crippen molar-refractivity contribution in [2.24, 2.45) is 11.3 Å². The molecule has 5 heteroatoms. The summed E-state index contributed by atoms with van der Waals surface area (Å²) in [5.74, 6) is -0.517. The van der Waals surface area contributed by atoms with Crippen molar-refractivity contribution in [2.75, 3.05) is 13.1 Å². The zero-order chi connectivity index (χ0) is 19.9. The van der Waals surface area contributed by atoms with Crippen LogP contribution in [0.25, 0.3) is 0 Å². The van der Waals surface area contributed by atoms with Crippen LogP contribution < -0.4 is 5.32 Å². The van der Waals surface area contributed by atoms with Crippen molar-refractivity contribution >= 4 is 11.9 Å². The van der Waals surface area contributed by atoms with E-state index in [4.69, 9.17) is 0 Å². The SMILES string of the molecule is CC(NC(=O)C(C)N1C[C@@H]2CCC[C@@]2(C(=O)O)C1)c1ccc2c(c1)CCCC2. The highest BCUT2D eigenvalue weighted by molar-refractivity contribution is 5.82. The number of hydrogen-bond donors (Lipinski definition) is 2. The number of rotatable bonds is 5. The summed E-state index contributed by atoms with van der Waals surface area (Å²) in [6.45, 7) is 5.15. The normalized spacial score (nSPS) is 29.0. The Kier molecular flexibility index (Phi) is 5.21. The third-order valence-corrected chi connectivity index (χ3v) is 7.48. The number of fused-ring (bicyclic) bond motifs is 2. The van der Waals surface area contributed by atoms with Crippen molar-refractivity contribution in [3.05, 3.63) is 34.9 Å². The number of nitrogens with zero attached hydrogens (tertiary/aromatic N) is 1. The van der Waals surface area contributed by atoms with E-state index in [1.165, 1.54) is 24.0 Å². The largest absolute Gasteiger partial charge is 0.481 e. The Hall–Kier alpha value is -1.88. The Morgan fingerprint density at radius 1 is 1.18 bits per heavy atom. The quantitative estimate of drug-likeness (QED) is 0.817. The molecule has 28 heavy (non-hydrogen) atoms. The highest BCUT2D eigenvalue weighted by Gasteiger charge is 2.55. The zero-order valence-corrected chi connectivity index (χ0v) is 17.0. The molecule has 1 aromatic rings. The fourth-order valence-corrected chi connectivity index (χ4v) is 5.58. The molecule has 0 bridgehead atoms. The van der Waals surface area contributed by atoms with E-state index in [0.29, 0.717) is 13.1 Å². The third kappa shape index (κ3) is 3.34. The van der Waals surface area contributed by atoms with Gasteiger partial charge in [-0.3, -0.25) is 14.5 Å². The molecule has 0 aromatic heterocycles. The highest BCUT2D eigenvalue weighted by atomic mass is 16.4. The van der Waals surface area contributed by atoms with Crippen LogP contribution in [0.1, 0.15) is 68.7 Å². The molecule has 0 radical (unpaired) electrons. The topological polar surface area (TPSA) is 69.6 Å². The maximum atomic E-state index is 12.9. The van der Waals surface area contributed by atoms with Crippen LogP contribution in [0.2, 0.25) is 0 Å². The molecule has 1 aliphatic heterocycles. The van der Waals surface area contributed by atoms with Crippen molar-refractivity contribution < 1.29 is 14.7 Å². The van der Waals surface area contributed by atoms with E-state index in [1.54, 1.807) is 0 Å². The van der Waals surface area contributed by atoms with Gasteiger partial charge in [0.25, 0.3) is 0 Å². The van der Waals surface area contributed by atoms with Crippen LogP contribution in [0.15, 0.2) is 18.2 Å². The maximum Gasteiger partial charge on any atom is 0.311 e. The lowest BCUT2D eigenvalue weighted by Gasteiger charge is -2.28. The smallest absolute Gasteiger partial charge is 0.311 e. The van der Waals surface area contributed by atoms with Gasteiger partial charge in [-0.25, -0.2) is 0 Å². The summed E-state index contributed by atoms with van der Waals surface area (Å²) < 4.78 is 0. The first-order valence-electron chi connectivity index (χ1n) is 10.8. The van der Waals surface area contributed by atoms with E-state index in [0.717, 1.165) is 37.7 Å². The van der Waals surface area contributed by atoms with Gasteiger partial charge in [0.1, 0.15) is 0 Å². The van der Waals surface area contributed by atoms with Gasteiger partial charge in [-0.15, -0.1) is 0 Å². The Morgan fingerprint density at radius 3 is 2.64 bits per heavy atom. The first kappa shape index (κ1) is 19.4. The van der Waals surface area contributed by atoms with Gasteiger partial charge in [-0.2, -0.15) is 0 Å². The predicted molar refractivity (Wildman–Crippen MR) is 108 cm³/mol.